The van der Waals surface area contributed by atoms with Crippen LogP contribution in [0, 0.1) is 0 Å². The molecular weight excluding hydrogens is 274 g/mol. The number of benzene rings is 1. The molecule has 0 bridgehead atoms. The van der Waals surface area contributed by atoms with Crippen molar-refractivity contribution in [2.75, 3.05) is 20.6 Å². The molecule has 1 aromatic heterocycles. The molecule has 0 spiro atoms. The highest BCUT2D eigenvalue weighted by molar-refractivity contribution is 5.78. The Kier molecular flexibility index (Phi) is 4.20. The fourth-order valence-electron chi connectivity index (χ4n) is 2.97. The molecule has 0 atom stereocenters. The van der Waals surface area contributed by atoms with E-state index in [1.165, 1.54) is 22.3 Å². The highest BCUT2D eigenvalue weighted by atomic mass is 16.3. The number of nitrogens with zero attached hydrogens (tertiary/aromatic N) is 3. The lowest BCUT2D eigenvalue weighted by Crippen LogP contribution is -2.13. The molecule has 0 amide bonds. The van der Waals surface area contributed by atoms with E-state index >= 15 is 0 Å². The third kappa shape index (κ3) is 3.17. The van der Waals surface area contributed by atoms with Gasteiger partial charge in [0.2, 0.25) is 0 Å². The first kappa shape index (κ1) is 14.7. The van der Waals surface area contributed by atoms with Crippen LogP contribution in [-0.4, -0.2) is 40.6 Å². The molecule has 1 aliphatic rings. The van der Waals surface area contributed by atoms with Crippen molar-refractivity contribution in [1.82, 2.24) is 14.9 Å². The molecule has 0 saturated heterocycles. The predicted octanol–water partition coefficient (Wildman–Crippen LogP) is 2.69. The largest absolute Gasteiger partial charge is 0.508 e. The summed E-state index contributed by atoms with van der Waals surface area (Å²) in [7, 11) is 4.19. The summed E-state index contributed by atoms with van der Waals surface area (Å²) in [4.78, 5) is 10.8. The number of phenolic OH excluding ortho intramolecular Hbond substituents is 1. The number of phenols is 1. The monoisotopic (exact) mass is 295 g/mol. The Bertz CT molecular complexity index is 693. The van der Waals surface area contributed by atoms with Gasteiger partial charge >= 0.3 is 0 Å². The average molecular weight is 295 g/mol. The molecule has 114 valence electrons. The number of rotatable bonds is 5. The summed E-state index contributed by atoms with van der Waals surface area (Å²) in [5.74, 6) is 0.339. The van der Waals surface area contributed by atoms with Gasteiger partial charge in [-0.2, -0.15) is 0 Å². The Hall–Kier alpha value is -2.20. The van der Waals surface area contributed by atoms with Gasteiger partial charge in [-0.3, -0.25) is 9.97 Å². The smallest absolute Gasteiger partial charge is 0.115 e. The van der Waals surface area contributed by atoms with Crippen LogP contribution in [0.3, 0.4) is 0 Å². The van der Waals surface area contributed by atoms with E-state index in [0.717, 1.165) is 31.5 Å². The van der Waals surface area contributed by atoms with Gasteiger partial charge in [0.25, 0.3) is 0 Å². The van der Waals surface area contributed by atoms with Crippen LogP contribution >= 0.6 is 0 Å². The number of aromatic nitrogens is 2. The minimum absolute atomic E-state index is 0.339. The first-order valence-electron chi connectivity index (χ1n) is 7.56. The van der Waals surface area contributed by atoms with E-state index in [0.29, 0.717) is 5.75 Å². The molecule has 0 radical (unpaired) electrons. The van der Waals surface area contributed by atoms with Gasteiger partial charge in [-0.1, -0.05) is 11.6 Å². The molecule has 0 saturated carbocycles. The third-order valence-corrected chi connectivity index (χ3v) is 4.08. The second kappa shape index (κ2) is 6.28. The molecule has 2 aromatic rings. The van der Waals surface area contributed by atoms with Gasteiger partial charge < -0.3 is 10.0 Å². The lowest BCUT2D eigenvalue weighted by atomic mass is 9.99. The molecule has 3 rings (SSSR count). The van der Waals surface area contributed by atoms with E-state index in [9.17, 15) is 5.11 Å². The second-order valence-electron chi connectivity index (χ2n) is 6.03. The number of allylic oxidation sites excluding steroid dienone is 1. The summed E-state index contributed by atoms with van der Waals surface area (Å²) in [5.41, 5.74) is 6.24. The zero-order valence-electron chi connectivity index (χ0n) is 13.1. The standard InChI is InChI=1S/C18H21N3O/c1-21(2)8-5-13-9-14-10-16(22)3-4-17(14)18(13)11-15-12-19-6-7-20-15/h3-4,6-7,10,12,22H,5,8-9,11H2,1-2H3. The molecule has 1 N–H and O–H groups in total. The molecule has 0 aliphatic heterocycles. The lowest BCUT2D eigenvalue weighted by molar-refractivity contribution is 0.412. The zero-order chi connectivity index (χ0) is 15.5. The van der Waals surface area contributed by atoms with Crippen molar-refractivity contribution in [3.63, 3.8) is 0 Å². The fourth-order valence-corrected chi connectivity index (χ4v) is 2.97. The van der Waals surface area contributed by atoms with Crippen molar-refractivity contribution in [3.05, 3.63) is 59.2 Å². The minimum Gasteiger partial charge on any atom is -0.508 e. The van der Waals surface area contributed by atoms with E-state index in [-0.39, 0.29) is 0 Å². The summed E-state index contributed by atoms with van der Waals surface area (Å²) in [6.45, 7) is 1.03. The predicted molar refractivity (Wildman–Crippen MR) is 87.6 cm³/mol. The number of hydrogen-bond acceptors (Lipinski definition) is 4. The molecule has 0 fully saturated rings. The number of hydrogen-bond donors (Lipinski definition) is 1. The molecule has 1 aliphatic carbocycles. The van der Waals surface area contributed by atoms with Crippen LogP contribution in [-0.2, 0) is 12.8 Å². The summed E-state index contributed by atoms with van der Waals surface area (Å²) in [6, 6.07) is 5.68. The molecular formula is C18H21N3O. The third-order valence-electron chi connectivity index (χ3n) is 4.08. The topological polar surface area (TPSA) is 49.2 Å². The minimum atomic E-state index is 0.339. The number of aromatic hydroxyl groups is 1. The van der Waals surface area contributed by atoms with Crippen molar-refractivity contribution >= 4 is 5.57 Å². The Morgan fingerprint density at radius 3 is 2.82 bits per heavy atom. The van der Waals surface area contributed by atoms with Crippen LogP contribution in [0.1, 0.15) is 23.2 Å². The van der Waals surface area contributed by atoms with Gasteiger partial charge in [-0.25, -0.2) is 0 Å². The van der Waals surface area contributed by atoms with Crippen LogP contribution in [0.15, 0.2) is 42.4 Å². The Labute approximate surface area is 131 Å². The first-order valence-corrected chi connectivity index (χ1v) is 7.56. The molecule has 4 heteroatoms. The molecule has 0 unspecified atom stereocenters. The summed E-state index contributed by atoms with van der Waals surface area (Å²) >= 11 is 0. The van der Waals surface area contributed by atoms with E-state index in [2.05, 4.69) is 29.0 Å². The molecule has 1 aromatic carbocycles. The second-order valence-corrected chi connectivity index (χ2v) is 6.03. The SMILES string of the molecule is CN(C)CCC1=C(Cc2cnccn2)c2ccc(O)cc2C1. The van der Waals surface area contributed by atoms with Gasteiger partial charge in [0.05, 0.1) is 5.69 Å². The summed E-state index contributed by atoms with van der Waals surface area (Å²) in [6.07, 6.45) is 8.03. The Morgan fingerprint density at radius 1 is 1.23 bits per heavy atom. The van der Waals surface area contributed by atoms with E-state index < -0.39 is 0 Å². The highest BCUT2D eigenvalue weighted by Crippen LogP contribution is 2.37. The maximum Gasteiger partial charge on any atom is 0.115 e. The maximum absolute atomic E-state index is 9.73. The van der Waals surface area contributed by atoms with Crippen LogP contribution < -0.4 is 0 Å². The summed E-state index contributed by atoms with van der Waals surface area (Å²) in [5, 5.41) is 9.73. The highest BCUT2D eigenvalue weighted by Gasteiger charge is 2.22. The lowest BCUT2D eigenvalue weighted by Gasteiger charge is -2.12. The van der Waals surface area contributed by atoms with Gasteiger partial charge in [0.1, 0.15) is 5.75 Å². The first-order chi connectivity index (χ1) is 10.6. The van der Waals surface area contributed by atoms with Crippen LogP contribution in [0.5, 0.6) is 5.75 Å². The Balaban J connectivity index is 1.92. The fraction of sp³-hybridized carbons (Fsp3) is 0.333. The quantitative estimate of drug-likeness (QED) is 0.921. The van der Waals surface area contributed by atoms with Crippen molar-refractivity contribution < 1.29 is 5.11 Å². The van der Waals surface area contributed by atoms with Crippen molar-refractivity contribution in [2.24, 2.45) is 0 Å². The molecule has 4 nitrogen and oxygen atoms in total. The van der Waals surface area contributed by atoms with Gasteiger partial charge in [-0.05, 0) is 55.8 Å². The average Bonchev–Trinajstić information content (AvgIpc) is 2.83. The van der Waals surface area contributed by atoms with E-state index in [1.807, 2.05) is 18.3 Å². The van der Waals surface area contributed by atoms with Crippen LogP contribution in [0.4, 0.5) is 0 Å². The molecule has 1 heterocycles. The number of fused-ring (bicyclic) bond motifs is 1. The van der Waals surface area contributed by atoms with Gasteiger partial charge in [0, 0.05) is 31.6 Å². The van der Waals surface area contributed by atoms with Crippen LogP contribution in [0.25, 0.3) is 5.57 Å². The van der Waals surface area contributed by atoms with Crippen LogP contribution in [0.2, 0.25) is 0 Å². The van der Waals surface area contributed by atoms with E-state index in [1.54, 1.807) is 18.5 Å². The zero-order valence-corrected chi connectivity index (χ0v) is 13.1. The van der Waals surface area contributed by atoms with Gasteiger partial charge in [0.15, 0.2) is 0 Å². The normalized spacial score (nSPS) is 13.8. The van der Waals surface area contributed by atoms with Crippen molar-refractivity contribution in [2.45, 2.75) is 19.3 Å². The van der Waals surface area contributed by atoms with Gasteiger partial charge in [-0.15, -0.1) is 0 Å². The van der Waals surface area contributed by atoms with E-state index in [4.69, 9.17) is 0 Å². The Morgan fingerprint density at radius 2 is 2.09 bits per heavy atom. The van der Waals surface area contributed by atoms with Crippen molar-refractivity contribution in [3.8, 4) is 5.75 Å². The van der Waals surface area contributed by atoms with Crippen molar-refractivity contribution in [1.29, 1.82) is 0 Å². The summed E-state index contributed by atoms with van der Waals surface area (Å²) < 4.78 is 0. The molecule has 22 heavy (non-hydrogen) atoms. The maximum atomic E-state index is 9.73.